The molecule has 1 heterocycles. The topological polar surface area (TPSA) is 65.4 Å². The largest absolute Gasteiger partial charge is 0.493 e. The van der Waals surface area contributed by atoms with Gasteiger partial charge in [0, 0.05) is 25.6 Å². The van der Waals surface area contributed by atoms with E-state index in [-0.39, 0.29) is 5.91 Å². The van der Waals surface area contributed by atoms with Gasteiger partial charge in [0.1, 0.15) is 5.82 Å². The number of carbonyl (C=O) groups excluding carboxylic acids is 1. The van der Waals surface area contributed by atoms with Crippen molar-refractivity contribution in [3.8, 4) is 11.5 Å². The van der Waals surface area contributed by atoms with Gasteiger partial charge in [-0.25, -0.2) is 4.98 Å². The quantitative estimate of drug-likeness (QED) is 0.227. The number of rotatable bonds is 12. The Bertz CT molecular complexity index is 1260. The SMILES string of the molecule is COc1ccccc1OCCCCn1c(CCNC(=O)/C=C/c2ccccc2)nc2ccccc21. The van der Waals surface area contributed by atoms with E-state index in [2.05, 4.69) is 16.0 Å². The van der Waals surface area contributed by atoms with Crippen LogP contribution in [0.5, 0.6) is 11.5 Å². The normalized spacial score (nSPS) is 11.1. The molecule has 0 fully saturated rings. The number of nitrogens with one attached hydrogen (secondary N) is 1. The number of fused-ring (bicyclic) bond motifs is 1. The predicted molar refractivity (Wildman–Crippen MR) is 140 cm³/mol. The molecular formula is C29H31N3O3. The molecule has 4 aromatic rings. The Morgan fingerprint density at radius 1 is 0.943 bits per heavy atom. The highest BCUT2D eigenvalue weighted by molar-refractivity contribution is 5.91. The number of hydrogen-bond donors (Lipinski definition) is 1. The Morgan fingerprint density at radius 3 is 2.51 bits per heavy atom. The number of ether oxygens (including phenoxy) is 2. The average Bonchev–Trinajstić information content (AvgIpc) is 3.25. The van der Waals surface area contributed by atoms with Crippen LogP contribution >= 0.6 is 0 Å². The lowest BCUT2D eigenvalue weighted by molar-refractivity contribution is -0.116. The molecule has 1 amide bonds. The summed E-state index contributed by atoms with van der Waals surface area (Å²) in [6.45, 7) is 1.98. The fraction of sp³-hybridized carbons (Fsp3) is 0.241. The molecule has 180 valence electrons. The number of carbonyl (C=O) groups is 1. The highest BCUT2D eigenvalue weighted by atomic mass is 16.5. The molecule has 3 aromatic carbocycles. The molecule has 0 spiro atoms. The number of methoxy groups -OCH3 is 1. The van der Waals surface area contributed by atoms with Crippen LogP contribution in [-0.2, 0) is 17.8 Å². The second-order valence-corrected chi connectivity index (χ2v) is 8.16. The molecule has 1 N–H and O–H groups in total. The van der Waals surface area contributed by atoms with Crippen molar-refractivity contribution in [2.75, 3.05) is 20.3 Å². The summed E-state index contributed by atoms with van der Waals surface area (Å²) in [6, 6.07) is 25.6. The number of amides is 1. The second kappa shape index (κ2) is 12.4. The lowest BCUT2D eigenvalue weighted by Gasteiger charge is -2.12. The number of unbranched alkanes of at least 4 members (excludes halogenated alkanes) is 1. The third-order valence-electron chi connectivity index (χ3n) is 5.71. The van der Waals surface area contributed by atoms with E-state index in [1.165, 1.54) is 0 Å². The van der Waals surface area contributed by atoms with Gasteiger partial charge in [-0.3, -0.25) is 4.79 Å². The number of nitrogens with zero attached hydrogens (tertiary/aromatic N) is 2. The number of aryl methyl sites for hydroxylation is 1. The summed E-state index contributed by atoms with van der Waals surface area (Å²) >= 11 is 0. The Labute approximate surface area is 206 Å². The molecule has 35 heavy (non-hydrogen) atoms. The van der Waals surface area contributed by atoms with Gasteiger partial charge in [0.15, 0.2) is 11.5 Å². The van der Waals surface area contributed by atoms with Crippen molar-refractivity contribution < 1.29 is 14.3 Å². The Hall–Kier alpha value is -4.06. The van der Waals surface area contributed by atoms with E-state index in [1.807, 2.05) is 78.9 Å². The van der Waals surface area contributed by atoms with Crippen LogP contribution in [0.15, 0.2) is 84.9 Å². The van der Waals surface area contributed by atoms with Crippen LogP contribution in [0.4, 0.5) is 0 Å². The molecule has 6 nitrogen and oxygen atoms in total. The number of hydrogen-bond acceptors (Lipinski definition) is 4. The van der Waals surface area contributed by atoms with Crippen molar-refractivity contribution in [3.63, 3.8) is 0 Å². The van der Waals surface area contributed by atoms with Gasteiger partial charge in [0.25, 0.3) is 0 Å². The third-order valence-corrected chi connectivity index (χ3v) is 5.71. The smallest absolute Gasteiger partial charge is 0.244 e. The summed E-state index contributed by atoms with van der Waals surface area (Å²) in [7, 11) is 1.65. The van der Waals surface area contributed by atoms with E-state index in [0.29, 0.717) is 19.6 Å². The minimum atomic E-state index is -0.106. The average molecular weight is 470 g/mol. The van der Waals surface area contributed by atoms with Crippen LogP contribution in [0.25, 0.3) is 17.1 Å². The molecule has 0 aliphatic carbocycles. The highest BCUT2D eigenvalue weighted by Crippen LogP contribution is 2.26. The monoisotopic (exact) mass is 469 g/mol. The van der Waals surface area contributed by atoms with Gasteiger partial charge in [-0.2, -0.15) is 0 Å². The Kier molecular flexibility index (Phi) is 8.54. The first-order valence-electron chi connectivity index (χ1n) is 12.0. The van der Waals surface area contributed by atoms with Gasteiger partial charge in [0.2, 0.25) is 5.91 Å². The molecule has 0 aliphatic heterocycles. The molecule has 0 aliphatic rings. The van der Waals surface area contributed by atoms with Crippen molar-refractivity contribution in [2.45, 2.75) is 25.8 Å². The maximum absolute atomic E-state index is 12.2. The molecular weight excluding hydrogens is 438 g/mol. The summed E-state index contributed by atoms with van der Waals surface area (Å²) in [6.07, 6.45) is 5.91. The first-order valence-corrected chi connectivity index (χ1v) is 12.0. The first kappa shape index (κ1) is 24.1. The maximum Gasteiger partial charge on any atom is 0.244 e. The Balaban J connectivity index is 1.30. The third kappa shape index (κ3) is 6.73. The van der Waals surface area contributed by atoms with E-state index < -0.39 is 0 Å². The standard InChI is InChI=1S/C29H31N3O3/c1-34-26-15-7-8-16-27(26)35-22-10-9-21-32-25-14-6-5-13-24(25)31-28(32)19-20-30-29(33)18-17-23-11-3-2-4-12-23/h2-8,11-18H,9-10,19-22H2,1H3,(H,30,33)/b18-17+. The molecule has 6 heteroatoms. The van der Waals surface area contributed by atoms with Crippen LogP contribution in [0.1, 0.15) is 24.2 Å². The van der Waals surface area contributed by atoms with E-state index in [1.54, 1.807) is 13.2 Å². The van der Waals surface area contributed by atoms with Crippen molar-refractivity contribution in [2.24, 2.45) is 0 Å². The van der Waals surface area contributed by atoms with Gasteiger partial charge in [-0.15, -0.1) is 0 Å². The van der Waals surface area contributed by atoms with Gasteiger partial charge >= 0.3 is 0 Å². The zero-order chi connectivity index (χ0) is 24.3. The minimum absolute atomic E-state index is 0.106. The number of para-hydroxylation sites is 4. The number of imidazole rings is 1. The lowest BCUT2D eigenvalue weighted by Crippen LogP contribution is -2.24. The predicted octanol–water partition coefficient (Wildman–Crippen LogP) is 5.28. The van der Waals surface area contributed by atoms with Crippen molar-refractivity contribution in [1.29, 1.82) is 0 Å². The van der Waals surface area contributed by atoms with Gasteiger partial charge in [0.05, 0.1) is 24.8 Å². The fourth-order valence-electron chi connectivity index (χ4n) is 3.95. The van der Waals surface area contributed by atoms with E-state index >= 15 is 0 Å². The van der Waals surface area contributed by atoms with Gasteiger partial charge in [-0.1, -0.05) is 54.6 Å². The van der Waals surface area contributed by atoms with E-state index in [4.69, 9.17) is 14.5 Å². The Morgan fingerprint density at radius 2 is 1.69 bits per heavy atom. The van der Waals surface area contributed by atoms with Crippen LogP contribution < -0.4 is 14.8 Å². The van der Waals surface area contributed by atoms with Crippen molar-refractivity contribution >= 4 is 23.0 Å². The van der Waals surface area contributed by atoms with Crippen molar-refractivity contribution in [3.05, 3.63) is 96.3 Å². The molecule has 0 radical (unpaired) electrons. The summed E-state index contributed by atoms with van der Waals surface area (Å²) in [5.41, 5.74) is 3.09. The van der Waals surface area contributed by atoms with Crippen LogP contribution in [0, 0.1) is 0 Å². The number of benzene rings is 3. The summed E-state index contributed by atoms with van der Waals surface area (Å²) in [5.74, 6) is 2.38. The fourth-order valence-corrected chi connectivity index (χ4v) is 3.95. The highest BCUT2D eigenvalue weighted by Gasteiger charge is 2.11. The maximum atomic E-state index is 12.2. The van der Waals surface area contributed by atoms with Gasteiger partial charge in [-0.05, 0) is 48.7 Å². The van der Waals surface area contributed by atoms with Crippen molar-refractivity contribution in [1.82, 2.24) is 14.9 Å². The van der Waals surface area contributed by atoms with E-state index in [9.17, 15) is 4.79 Å². The summed E-state index contributed by atoms with van der Waals surface area (Å²) < 4.78 is 13.5. The first-order chi connectivity index (χ1) is 17.2. The van der Waals surface area contributed by atoms with Crippen LogP contribution in [-0.4, -0.2) is 35.7 Å². The molecule has 0 unspecified atom stereocenters. The molecule has 0 saturated carbocycles. The van der Waals surface area contributed by atoms with Crippen LogP contribution in [0.3, 0.4) is 0 Å². The van der Waals surface area contributed by atoms with Gasteiger partial charge < -0.3 is 19.4 Å². The molecule has 1 aromatic heterocycles. The molecule has 0 atom stereocenters. The lowest BCUT2D eigenvalue weighted by atomic mass is 10.2. The zero-order valence-electron chi connectivity index (χ0n) is 20.0. The summed E-state index contributed by atoms with van der Waals surface area (Å²) in [4.78, 5) is 17.0. The molecule has 4 rings (SSSR count). The zero-order valence-corrected chi connectivity index (χ0v) is 20.0. The molecule has 0 bridgehead atoms. The molecule has 0 saturated heterocycles. The van der Waals surface area contributed by atoms with E-state index in [0.717, 1.165) is 53.3 Å². The second-order valence-electron chi connectivity index (χ2n) is 8.16. The minimum Gasteiger partial charge on any atom is -0.493 e. The summed E-state index contributed by atoms with van der Waals surface area (Å²) in [5, 5.41) is 2.97. The van der Waals surface area contributed by atoms with Crippen LogP contribution in [0.2, 0.25) is 0 Å². The number of aromatic nitrogens is 2.